The second kappa shape index (κ2) is 3.56. The van der Waals surface area contributed by atoms with Gasteiger partial charge in [-0.15, -0.1) is 0 Å². The Morgan fingerprint density at radius 3 is 2.33 bits per heavy atom. The smallest absolute Gasteiger partial charge is 0.148 e. The zero-order valence-electron chi connectivity index (χ0n) is 8.39. The summed E-state index contributed by atoms with van der Waals surface area (Å²) in [6.45, 7) is 8.30. The third-order valence-corrected chi connectivity index (χ3v) is 3.31. The van der Waals surface area contributed by atoms with Gasteiger partial charge in [0.25, 0.3) is 0 Å². The number of carbonyl (C=O) groups excluding carboxylic acids is 1. The van der Waals surface area contributed by atoms with Crippen molar-refractivity contribution in [2.24, 2.45) is 0 Å². The van der Waals surface area contributed by atoms with Crippen molar-refractivity contribution in [1.29, 1.82) is 0 Å². The number of Topliss-reactive ketones (excluding diaryl/α,β-unsaturated/α-hetero) is 1. The van der Waals surface area contributed by atoms with Crippen molar-refractivity contribution in [3.8, 4) is 0 Å². The Hall–Kier alpha value is -0.370. The van der Waals surface area contributed by atoms with Gasteiger partial charge in [-0.1, -0.05) is 13.8 Å². The summed E-state index contributed by atoms with van der Waals surface area (Å²) in [6, 6.07) is 0. The summed E-state index contributed by atoms with van der Waals surface area (Å²) in [5.74, 6) is 0.406. The number of likely N-dealkylation sites (tertiary alicyclic amines) is 1. The van der Waals surface area contributed by atoms with E-state index in [0.29, 0.717) is 12.3 Å². The highest BCUT2D eigenvalue weighted by Gasteiger charge is 2.33. The summed E-state index contributed by atoms with van der Waals surface area (Å²) in [5.41, 5.74) is 0.256. The van der Waals surface area contributed by atoms with E-state index in [4.69, 9.17) is 0 Å². The van der Waals surface area contributed by atoms with Gasteiger partial charge in [0.2, 0.25) is 0 Å². The molecule has 0 bridgehead atoms. The molecule has 0 aromatic rings. The Kier molecular flexibility index (Phi) is 2.89. The molecule has 2 nitrogen and oxygen atoms in total. The molecule has 0 N–H and O–H groups in total. The number of nitrogens with zero attached hydrogens (tertiary/aromatic N) is 1. The number of rotatable bonds is 3. The Morgan fingerprint density at radius 1 is 1.42 bits per heavy atom. The first-order chi connectivity index (χ1) is 5.62. The standard InChI is InChI=1S/C10H19NO/c1-4-10(3,5-2)11-7-6-9(12)8-11/h4-8H2,1-3H3. The van der Waals surface area contributed by atoms with Crippen molar-refractivity contribution >= 4 is 5.78 Å². The molecular weight excluding hydrogens is 150 g/mol. The monoisotopic (exact) mass is 169 g/mol. The van der Waals surface area contributed by atoms with Crippen LogP contribution in [0.1, 0.15) is 40.0 Å². The third kappa shape index (κ3) is 1.69. The molecule has 0 atom stereocenters. The van der Waals surface area contributed by atoms with Crippen molar-refractivity contribution in [2.45, 2.75) is 45.6 Å². The van der Waals surface area contributed by atoms with Crippen LogP contribution in [0.5, 0.6) is 0 Å². The second-order valence-electron chi connectivity index (χ2n) is 3.91. The van der Waals surface area contributed by atoms with Gasteiger partial charge in [0, 0.05) is 18.5 Å². The van der Waals surface area contributed by atoms with Crippen molar-refractivity contribution < 1.29 is 4.79 Å². The molecule has 1 saturated heterocycles. The van der Waals surface area contributed by atoms with Crippen LogP contribution in [0.3, 0.4) is 0 Å². The van der Waals surface area contributed by atoms with Gasteiger partial charge in [0.05, 0.1) is 6.54 Å². The minimum absolute atomic E-state index is 0.256. The first-order valence-corrected chi connectivity index (χ1v) is 4.89. The molecule has 0 radical (unpaired) electrons. The third-order valence-electron chi connectivity index (χ3n) is 3.31. The van der Waals surface area contributed by atoms with Crippen molar-refractivity contribution in [2.75, 3.05) is 13.1 Å². The van der Waals surface area contributed by atoms with Crippen LogP contribution in [-0.2, 0) is 4.79 Å². The SMILES string of the molecule is CCC(C)(CC)N1CCC(=O)C1. The quantitative estimate of drug-likeness (QED) is 0.642. The molecule has 1 heterocycles. The predicted molar refractivity (Wildman–Crippen MR) is 50.2 cm³/mol. The maximum atomic E-state index is 11.1. The summed E-state index contributed by atoms with van der Waals surface area (Å²) in [4.78, 5) is 13.4. The highest BCUT2D eigenvalue weighted by atomic mass is 16.1. The van der Waals surface area contributed by atoms with E-state index in [9.17, 15) is 4.79 Å². The van der Waals surface area contributed by atoms with Crippen LogP contribution in [-0.4, -0.2) is 29.3 Å². The maximum absolute atomic E-state index is 11.1. The Morgan fingerprint density at radius 2 is 2.00 bits per heavy atom. The fourth-order valence-electron chi connectivity index (χ4n) is 1.79. The lowest BCUT2D eigenvalue weighted by molar-refractivity contribution is -0.117. The molecule has 1 aliphatic heterocycles. The molecule has 0 unspecified atom stereocenters. The zero-order valence-corrected chi connectivity index (χ0v) is 8.39. The highest BCUT2D eigenvalue weighted by molar-refractivity contribution is 5.82. The molecule has 0 amide bonds. The fraction of sp³-hybridized carbons (Fsp3) is 0.900. The largest absolute Gasteiger partial charge is 0.298 e. The van der Waals surface area contributed by atoms with Crippen LogP contribution in [0.2, 0.25) is 0 Å². The van der Waals surface area contributed by atoms with Crippen LogP contribution in [0.25, 0.3) is 0 Å². The fourth-order valence-corrected chi connectivity index (χ4v) is 1.79. The molecule has 0 saturated carbocycles. The molecule has 0 aromatic carbocycles. The average molecular weight is 169 g/mol. The first kappa shape index (κ1) is 9.72. The van der Waals surface area contributed by atoms with Crippen molar-refractivity contribution in [3.63, 3.8) is 0 Å². The summed E-state index contributed by atoms with van der Waals surface area (Å²) in [6.07, 6.45) is 3.03. The molecule has 0 aromatic heterocycles. The van der Waals surface area contributed by atoms with E-state index in [0.717, 1.165) is 25.8 Å². The molecule has 2 heteroatoms. The van der Waals surface area contributed by atoms with Gasteiger partial charge in [-0.3, -0.25) is 9.69 Å². The molecule has 70 valence electrons. The van der Waals surface area contributed by atoms with Crippen LogP contribution in [0.4, 0.5) is 0 Å². The van der Waals surface area contributed by atoms with Gasteiger partial charge in [-0.2, -0.15) is 0 Å². The van der Waals surface area contributed by atoms with Crippen molar-refractivity contribution in [3.05, 3.63) is 0 Å². The average Bonchev–Trinajstić information content (AvgIpc) is 2.51. The minimum Gasteiger partial charge on any atom is -0.298 e. The first-order valence-electron chi connectivity index (χ1n) is 4.89. The van der Waals surface area contributed by atoms with E-state index < -0.39 is 0 Å². The van der Waals surface area contributed by atoms with Crippen molar-refractivity contribution in [1.82, 2.24) is 4.90 Å². The minimum atomic E-state index is 0.256. The van der Waals surface area contributed by atoms with E-state index >= 15 is 0 Å². The van der Waals surface area contributed by atoms with E-state index in [-0.39, 0.29) is 5.54 Å². The molecule has 12 heavy (non-hydrogen) atoms. The molecule has 1 aliphatic rings. The number of hydrogen-bond donors (Lipinski definition) is 0. The molecule has 0 aliphatic carbocycles. The van der Waals surface area contributed by atoms with Gasteiger partial charge >= 0.3 is 0 Å². The molecule has 1 rings (SSSR count). The second-order valence-corrected chi connectivity index (χ2v) is 3.91. The highest BCUT2D eigenvalue weighted by Crippen LogP contribution is 2.25. The normalized spacial score (nSPS) is 20.4. The number of carbonyl (C=O) groups is 1. The molecular formula is C10H19NO. The van der Waals surface area contributed by atoms with E-state index in [1.807, 2.05) is 0 Å². The lowest BCUT2D eigenvalue weighted by Gasteiger charge is -2.36. The van der Waals surface area contributed by atoms with Gasteiger partial charge < -0.3 is 0 Å². The van der Waals surface area contributed by atoms with Gasteiger partial charge in [-0.25, -0.2) is 0 Å². The van der Waals surface area contributed by atoms with E-state index in [1.54, 1.807) is 0 Å². The predicted octanol–water partition coefficient (Wildman–Crippen LogP) is 1.84. The van der Waals surface area contributed by atoms with Gasteiger partial charge in [0.1, 0.15) is 5.78 Å². The molecule has 0 spiro atoms. The lowest BCUT2D eigenvalue weighted by atomic mass is 9.94. The molecule has 1 fully saturated rings. The van der Waals surface area contributed by atoms with Gasteiger partial charge in [0.15, 0.2) is 0 Å². The Labute approximate surface area is 74.9 Å². The maximum Gasteiger partial charge on any atom is 0.148 e. The van der Waals surface area contributed by atoms with Crippen LogP contribution in [0, 0.1) is 0 Å². The van der Waals surface area contributed by atoms with Gasteiger partial charge in [-0.05, 0) is 19.8 Å². The topological polar surface area (TPSA) is 20.3 Å². The Bertz CT molecular complexity index is 173. The lowest BCUT2D eigenvalue weighted by Crippen LogP contribution is -2.44. The van der Waals surface area contributed by atoms with E-state index in [1.165, 1.54) is 0 Å². The zero-order chi connectivity index (χ0) is 9.19. The summed E-state index contributed by atoms with van der Waals surface area (Å²) < 4.78 is 0. The van der Waals surface area contributed by atoms with Crippen LogP contribution >= 0.6 is 0 Å². The number of hydrogen-bond acceptors (Lipinski definition) is 2. The number of ketones is 1. The Balaban J connectivity index is 2.61. The summed E-state index contributed by atoms with van der Waals surface area (Å²) in [7, 11) is 0. The summed E-state index contributed by atoms with van der Waals surface area (Å²) in [5, 5.41) is 0. The van der Waals surface area contributed by atoms with Crippen LogP contribution in [0.15, 0.2) is 0 Å². The van der Waals surface area contributed by atoms with E-state index in [2.05, 4.69) is 25.7 Å². The van der Waals surface area contributed by atoms with Crippen LogP contribution < -0.4 is 0 Å². The summed E-state index contributed by atoms with van der Waals surface area (Å²) >= 11 is 0.